The molecule has 0 aliphatic carbocycles. The van der Waals surface area contributed by atoms with Gasteiger partial charge in [-0.1, -0.05) is 71.9 Å². The number of carbonyl (C=O) groups excluding carboxylic acids is 2. The van der Waals surface area contributed by atoms with Crippen molar-refractivity contribution in [2.75, 3.05) is 19.6 Å². The van der Waals surface area contributed by atoms with Crippen molar-refractivity contribution in [1.29, 1.82) is 0 Å². The SMILES string of the molecule is C=CCN(CC(=O)N1CCc2sccc2C1c1ccc(C(C)(C)C)cc1)C(=O)CC(C)(C)C. The summed E-state index contributed by atoms with van der Waals surface area (Å²) in [5, 5.41) is 2.12. The van der Waals surface area contributed by atoms with E-state index in [-0.39, 0.29) is 35.2 Å². The summed E-state index contributed by atoms with van der Waals surface area (Å²) in [4.78, 5) is 31.5. The molecule has 0 spiro atoms. The second kappa shape index (κ2) is 9.84. The molecular formula is C28H38N2O2S. The van der Waals surface area contributed by atoms with Crippen LogP contribution in [0.15, 0.2) is 48.4 Å². The molecule has 0 radical (unpaired) electrons. The van der Waals surface area contributed by atoms with Gasteiger partial charge in [-0.3, -0.25) is 9.59 Å². The standard InChI is InChI=1S/C28H38N2O2S/c1-8-15-29(24(31)18-27(2,3)4)19-25(32)30-16-13-23-22(14-17-33-23)26(30)20-9-11-21(12-10-20)28(5,6)7/h8-12,14,17,26H,1,13,15-16,18-19H2,2-7H3. The summed E-state index contributed by atoms with van der Waals surface area (Å²) in [7, 11) is 0. The number of rotatable bonds is 6. The van der Waals surface area contributed by atoms with Gasteiger partial charge in [-0.15, -0.1) is 17.9 Å². The molecule has 1 unspecified atom stereocenters. The van der Waals surface area contributed by atoms with Gasteiger partial charge in [0, 0.05) is 24.4 Å². The Bertz CT molecular complexity index is 992. The minimum atomic E-state index is -0.131. The molecular weight excluding hydrogens is 428 g/mol. The molecule has 2 amide bonds. The van der Waals surface area contributed by atoms with Crippen molar-refractivity contribution in [3.8, 4) is 0 Å². The minimum Gasteiger partial charge on any atom is -0.330 e. The van der Waals surface area contributed by atoms with Gasteiger partial charge in [0.2, 0.25) is 11.8 Å². The quantitative estimate of drug-likeness (QED) is 0.492. The molecule has 1 atom stereocenters. The van der Waals surface area contributed by atoms with Gasteiger partial charge >= 0.3 is 0 Å². The van der Waals surface area contributed by atoms with Crippen LogP contribution in [0.3, 0.4) is 0 Å². The zero-order valence-electron chi connectivity index (χ0n) is 21.0. The smallest absolute Gasteiger partial charge is 0.243 e. The number of benzene rings is 1. The molecule has 1 aromatic heterocycles. The van der Waals surface area contributed by atoms with Crippen molar-refractivity contribution in [2.45, 2.75) is 65.8 Å². The van der Waals surface area contributed by atoms with Gasteiger partial charge in [-0.05, 0) is 45.4 Å². The number of fused-ring (bicyclic) bond motifs is 1. The van der Waals surface area contributed by atoms with Crippen LogP contribution in [-0.2, 0) is 21.4 Å². The minimum absolute atomic E-state index is 0.00457. The second-order valence-electron chi connectivity index (χ2n) is 11.2. The van der Waals surface area contributed by atoms with Crippen LogP contribution in [-0.4, -0.2) is 41.2 Å². The molecule has 3 rings (SSSR count). The third-order valence-corrected chi connectivity index (χ3v) is 7.09. The molecule has 0 fully saturated rings. The van der Waals surface area contributed by atoms with E-state index in [1.807, 2.05) is 25.7 Å². The summed E-state index contributed by atoms with van der Waals surface area (Å²) < 4.78 is 0. The van der Waals surface area contributed by atoms with Crippen LogP contribution in [0.5, 0.6) is 0 Å². The van der Waals surface area contributed by atoms with Crippen LogP contribution in [0.1, 0.15) is 75.6 Å². The fourth-order valence-corrected chi connectivity index (χ4v) is 5.24. The molecule has 2 aromatic rings. The average Bonchev–Trinajstić information content (AvgIpc) is 3.19. The Morgan fingerprint density at radius 2 is 1.79 bits per heavy atom. The average molecular weight is 467 g/mol. The van der Waals surface area contributed by atoms with Crippen molar-refractivity contribution in [2.24, 2.45) is 5.41 Å². The van der Waals surface area contributed by atoms with Gasteiger partial charge < -0.3 is 9.80 Å². The maximum Gasteiger partial charge on any atom is 0.243 e. The lowest BCUT2D eigenvalue weighted by Gasteiger charge is -2.38. The predicted molar refractivity (Wildman–Crippen MR) is 138 cm³/mol. The third-order valence-electron chi connectivity index (χ3n) is 6.09. The van der Waals surface area contributed by atoms with E-state index >= 15 is 0 Å². The van der Waals surface area contributed by atoms with Crippen LogP contribution in [0.4, 0.5) is 0 Å². The lowest BCUT2D eigenvalue weighted by Crippen LogP contribution is -2.47. The Morgan fingerprint density at radius 1 is 1.12 bits per heavy atom. The number of hydrogen-bond acceptors (Lipinski definition) is 3. The molecule has 1 aliphatic heterocycles. The van der Waals surface area contributed by atoms with Crippen LogP contribution in [0.2, 0.25) is 0 Å². The van der Waals surface area contributed by atoms with Crippen LogP contribution < -0.4 is 0 Å². The monoisotopic (exact) mass is 466 g/mol. The molecule has 178 valence electrons. The van der Waals surface area contributed by atoms with Gasteiger partial charge in [-0.2, -0.15) is 0 Å². The van der Waals surface area contributed by atoms with E-state index in [2.05, 4.69) is 63.1 Å². The highest BCUT2D eigenvalue weighted by Gasteiger charge is 2.34. The van der Waals surface area contributed by atoms with Crippen LogP contribution in [0.25, 0.3) is 0 Å². The highest BCUT2D eigenvalue weighted by atomic mass is 32.1. The van der Waals surface area contributed by atoms with Gasteiger partial charge in [-0.25, -0.2) is 0 Å². The van der Waals surface area contributed by atoms with Gasteiger partial charge in [0.05, 0.1) is 6.04 Å². The first-order valence-electron chi connectivity index (χ1n) is 11.8. The van der Waals surface area contributed by atoms with E-state index < -0.39 is 0 Å². The maximum absolute atomic E-state index is 13.6. The van der Waals surface area contributed by atoms with Gasteiger partial charge in [0.25, 0.3) is 0 Å². The van der Waals surface area contributed by atoms with E-state index in [1.165, 1.54) is 16.0 Å². The topological polar surface area (TPSA) is 40.6 Å². The normalized spacial score (nSPS) is 16.3. The molecule has 1 aliphatic rings. The summed E-state index contributed by atoms with van der Waals surface area (Å²) in [6.45, 7) is 17.7. The maximum atomic E-state index is 13.6. The highest BCUT2D eigenvalue weighted by Crippen LogP contribution is 2.38. The second-order valence-corrected chi connectivity index (χ2v) is 12.2. The molecule has 2 heterocycles. The number of amides is 2. The number of hydrogen-bond donors (Lipinski definition) is 0. The van der Waals surface area contributed by atoms with Crippen molar-refractivity contribution < 1.29 is 9.59 Å². The summed E-state index contributed by atoms with van der Waals surface area (Å²) in [5.41, 5.74) is 3.54. The zero-order chi connectivity index (χ0) is 24.4. The summed E-state index contributed by atoms with van der Waals surface area (Å²) in [6.07, 6.45) is 2.96. The van der Waals surface area contributed by atoms with Crippen molar-refractivity contribution in [3.63, 3.8) is 0 Å². The molecule has 33 heavy (non-hydrogen) atoms. The van der Waals surface area contributed by atoms with Crippen molar-refractivity contribution in [1.82, 2.24) is 9.80 Å². The van der Waals surface area contributed by atoms with E-state index in [0.717, 1.165) is 12.0 Å². The fraction of sp³-hybridized carbons (Fsp3) is 0.500. The molecule has 0 N–H and O–H groups in total. The van der Waals surface area contributed by atoms with Gasteiger partial charge in [0.15, 0.2) is 0 Å². The van der Waals surface area contributed by atoms with E-state index in [1.54, 1.807) is 22.3 Å². The Balaban J connectivity index is 1.89. The summed E-state index contributed by atoms with van der Waals surface area (Å²) >= 11 is 1.76. The van der Waals surface area contributed by atoms with Crippen molar-refractivity contribution in [3.05, 3.63) is 69.9 Å². The number of thiophene rings is 1. The third kappa shape index (κ3) is 6.14. The van der Waals surface area contributed by atoms with E-state index in [4.69, 9.17) is 0 Å². The number of carbonyl (C=O) groups is 2. The molecule has 0 saturated heterocycles. The molecule has 0 bridgehead atoms. The Labute approximate surface area is 203 Å². The fourth-order valence-electron chi connectivity index (χ4n) is 4.34. The lowest BCUT2D eigenvalue weighted by atomic mass is 9.85. The largest absolute Gasteiger partial charge is 0.330 e. The van der Waals surface area contributed by atoms with Crippen LogP contribution >= 0.6 is 11.3 Å². The zero-order valence-corrected chi connectivity index (χ0v) is 21.8. The van der Waals surface area contributed by atoms with E-state index in [0.29, 0.717) is 19.5 Å². The van der Waals surface area contributed by atoms with E-state index in [9.17, 15) is 9.59 Å². The lowest BCUT2D eigenvalue weighted by molar-refractivity contribution is -0.142. The molecule has 4 nitrogen and oxygen atoms in total. The molecule has 1 aromatic carbocycles. The molecule has 5 heteroatoms. The first-order chi connectivity index (χ1) is 15.4. The predicted octanol–water partition coefficient (Wildman–Crippen LogP) is 5.97. The highest BCUT2D eigenvalue weighted by molar-refractivity contribution is 7.10. The van der Waals surface area contributed by atoms with Crippen LogP contribution in [0, 0.1) is 5.41 Å². The first kappa shape index (κ1) is 25.2. The Hall–Kier alpha value is -2.40. The summed E-state index contributed by atoms with van der Waals surface area (Å²) in [5.74, 6) is -0.0177. The van der Waals surface area contributed by atoms with Crippen molar-refractivity contribution >= 4 is 23.2 Å². The first-order valence-corrected chi connectivity index (χ1v) is 12.6. The Morgan fingerprint density at radius 3 is 2.36 bits per heavy atom. The van der Waals surface area contributed by atoms with Gasteiger partial charge in [0.1, 0.15) is 6.54 Å². The summed E-state index contributed by atoms with van der Waals surface area (Å²) in [6, 6.07) is 10.7. The molecule has 0 saturated carbocycles. The Kier molecular flexibility index (Phi) is 7.52. The number of nitrogens with zero attached hydrogens (tertiary/aromatic N) is 2.